The third-order valence-electron chi connectivity index (χ3n) is 7.57. The van der Waals surface area contributed by atoms with Crippen LogP contribution in [-0.4, -0.2) is 78.9 Å². The number of hydrogen-bond acceptors (Lipinski definition) is 7. The Hall–Kier alpha value is -3.92. The summed E-state index contributed by atoms with van der Waals surface area (Å²) in [7, 11) is 7.78. The van der Waals surface area contributed by atoms with Gasteiger partial charge in [-0.25, -0.2) is 4.58 Å². The van der Waals surface area contributed by atoms with Gasteiger partial charge in [0.05, 0.1) is 31.9 Å². The standard InChI is InChI=1S/C35H42ClN3O6/c1-38(2)25-10-13-28-31(22-25)45-32-23-26(39(3)4)11-14-29(32)33(28)27-12-9-24(21-30(27)35(41)42)34(40)37-16-18-44-20-19-43-17-8-6-5-7-15-36/h9-14,21-23H,5-8,15-20H2,1-4H3,(H-,37,40,41,42). The molecule has 0 saturated heterocycles. The number of amides is 1. The van der Waals surface area contributed by atoms with Gasteiger partial charge in [0.15, 0.2) is 0 Å². The van der Waals surface area contributed by atoms with Crippen LogP contribution in [0.3, 0.4) is 0 Å². The Labute approximate surface area is 269 Å². The quantitative estimate of drug-likeness (QED) is 0.0850. The van der Waals surface area contributed by atoms with Gasteiger partial charge >= 0.3 is 0 Å². The fraction of sp³-hybridized carbons (Fsp3) is 0.400. The monoisotopic (exact) mass is 635 g/mol. The Kier molecular flexibility index (Phi) is 12.4. The number of benzene rings is 3. The molecule has 2 aromatic rings. The molecule has 0 spiro atoms. The number of aromatic carboxylic acids is 1. The van der Waals surface area contributed by atoms with Crippen LogP contribution in [0, 0.1) is 0 Å². The lowest BCUT2D eigenvalue weighted by molar-refractivity contribution is -0.254. The molecule has 4 rings (SSSR count). The molecule has 2 aromatic carbocycles. The van der Waals surface area contributed by atoms with Crippen LogP contribution in [0.2, 0.25) is 0 Å². The predicted octanol–water partition coefficient (Wildman–Crippen LogP) is 4.23. The molecule has 1 amide bonds. The van der Waals surface area contributed by atoms with Crippen LogP contribution in [0.25, 0.3) is 33.4 Å². The maximum Gasteiger partial charge on any atom is 0.251 e. The number of carboxylic acid groups (broad SMARTS) is 1. The number of unbranched alkanes of at least 4 members (excludes halogenated alkanes) is 3. The van der Waals surface area contributed by atoms with E-state index in [1.54, 1.807) is 12.1 Å². The van der Waals surface area contributed by atoms with Crippen LogP contribution in [0.5, 0.6) is 0 Å². The third-order valence-corrected chi connectivity index (χ3v) is 7.84. The summed E-state index contributed by atoms with van der Waals surface area (Å²) in [6.07, 6.45) is 4.25. The van der Waals surface area contributed by atoms with Gasteiger partial charge in [-0.2, -0.15) is 0 Å². The van der Waals surface area contributed by atoms with E-state index in [2.05, 4.69) is 5.32 Å². The summed E-state index contributed by atoms with van der Waals surface area (Å²) < 4.78 is 19.4. The molecule has 10 heteroatoms. The number of alkyl halides is 1. The topological polar surface area (TPSA) is 107 Å². The fourth-order valence-corrected chi connectivity index (χ4v) is 5.29. The lowest BCUT2D eigenvalue weighted by Crippen LogP contribution is -2.29. The van der Waals surface area contributed by atoms with E-state index in [1.807, 2.05) is 74.1 Å². The Morgan fingerprint density at radius 2 is 1.62 bits per heavy atom. The first-order valence-electron chi connectivity index (χ1n) is 15.2. The zero-order valence-corrected chi connectivity index (χ0v) is 27.2. The normalized spacial score (nSPS) is 11.2. The number of carbonyl (C=O) groups excluding carboxylic acids is 2. The van der Waals surface area contributed by atoms with Crippen molar-refractivity contribution in [1.29, 1.82) is 0 Å². The molecule has 0 fully saturated rings. The summed E-state index contributed by atoms with van der Waals surface area (Å²) in [5.74, 6) is -0.466. The minimum Gasteiger partial charge on any atom is -0.545 e. The van der Waals surface area contributed by atoms with Gasteiger partial charge < -0.3 is 34.0 Å². The average Bonchev–Trinajstić information content (AvgIpc) is 3.03. The second-order valence-electron chi connectivity index (χ2n) is 11.3. The number of halogens is 1. The van der Waals surface area contributed by atoms with E-state index < -0.39 is 11.9 Å². The van der Waals surface area contributed by atoms with Crippen LogP contribution >= 0.6 is 11.6 Å². The van der Waals surface area contributed by atoms with Crippen LogP contribution in [0.1, 0.15) is 46.4 Å². The van der Waals surface area contributed by atoms with Gasteiger partial charge in [-0.05, 0) is 48.7 Å². The first kappa shape index (κ1) is 34.0. The molecule has 0 aromatic heterocycles. The van der Waals surface area contributed by atoms with E-state index >= 15 is 0 Å². The number of nitrogens with zero attached hydrogens (tertiary/aromatic N) is 2. The number of fused-ring (bicyclic) bond motifs is 2. The summed E-state index contributed by atoms with van der Waals surface area (Å²) in [4.78, 5) is 27.4. The van der Waals surface area contributed by atoms with Crippen molar-refractivity contribution in [3.63, 3.8) is 0 Å². The minimum atomic E-state index is -1.38. The lowest BCUT2D eigenvalue weighted by atomic mass is 9.89. The van der Waals surface area contributed by atoms with Gasteiger partial charge in [-0.3, -0.25) is 4.79 Å². The molecule has 2 aliphatic rings. The van der Waals surface area contributed by atoms with Crippen LogP contribution in [-0.2, 0) is 9.47 Å². The van der Waals surface area contributed by atoms with Crippen molar-refractivity contribution in [2.75, 3.05) is 71.9 Å². The third kappa shape index (κ3) is 8.84. The maximum absolute atomic E-state index is 12.9. The molecule has 1 aliphatic carbocycles. The molecule has 45 heavy (non-hydrogen) atoms. The van der Waals surface area contributed by atoms with Crippen molar-refractivity contribution >= 4 is 40.1 Å². The number of ether oxygens (including phenoxy) is 2. The fourth-order valence-electron chi connectivity index (χ4n) is 5.10. The minimum absolute atomic E-state index is 0.0825. The van der Waals surface area contributed by atoms with Gasteiger partial charge in [0, 0.05) is 78.6 Å². The van der Waals surface area contributed by atoms with E-state index in [0.717, 1.165) is 47.7 Å². The summed E-state index contributed by atoms with van der Waals surface area (Å²) in [6, 6.07) is 16.3. The SMILES string of the molecule is CN(C)c1ccc2c(-c3ccc(C(=O)NCCOCCOCCCCCCCl)cc3C(=O)[O-])c3ccc(=[N+](C)C)cc-3oc2c1. The van der Waals surface area contributed by atoms with Gasteiger partial charge in [-0.1, -0.05) is 18.9 Å². The zero-order chi connectivity index (χ0) is 32.3. The lowest BCUT2D eigenvalue weighted by Gasteiger charge is -2.20. The molecule has 1 N–H and O–H groups in total. The number of carboxylic acids is 1. The maximum atomic E-state index is 12.9. The predicted molar refractivity (Wildman–Crippen MR) is 177 cm³/mol. The van der Waals surface area contributed by atoms with E-state index in [0.29, 0.717) is 54.8 Å². The summed E-state index contributed by atoms with van der Waals surface area (Å²) in [5, 5.41) is 17.0. The van der Waals surface area contributed by atoms with E-state index in [-0.39, 0.29) is 17.7 Å². The van der Waals surface area contributed by atoms with Crippen LogP contribution in [0.15, 0.2) is 59.0 Å². The van der Waals surface area contributed by atoms with Gasteiger partial charge in [-0.15, -0.1) is 11.6 Å². The second kappa shape index (κ2) is 16.4. The summed E-state index contributed by atoms with van der Waals surface area (Å²) >= 11 is 5.68. The van der Waals surface area contributed by atoms with Gasteiger partial charge in [0.1, 0.15) is 25.4 Å². The zero-order valence-electron chi connectivity index (χ0n) is 26.5. The van der Waals surface area contributed by atoms with Crippen molar-refractivity contribution < 1.29 is 28.6 Å². The van der Waals surface area contributed by atoms with Crippen molar-refractivity contribution in [2.45, 2.75) is 25.7 Å². The number of anilines is 1. The van der Waals surface area contributed by atoms with Crippen LogP contribution in [0.4, 0.5) is 5.69 Å². The molecule has 0 radical (unpaired) electrons. The van der Waals surface area contributed by atoms with Gasteiger partial charge in [0.2, 0.25) is 5.36 Å². The Bertz CT molecular complexity index is 1660. The van der Waals surface area contributed by atoms with Crippen molar-refractivity contribution in [1.82, 2.24) is 9.89 Å². The molecule has 1 heterocycles. The van der Waals surface area contributed by atoms with Crippen LogP contribution < -0.4 is 25.3 Å². The highest BCUT2D eigenvalue weighted by molar-refractivity contribution is 6.17. The molecule has 0 unspecified atom stereocenters. The van der Waals surface area contributed by atoms with Crippen molar-refractivity contribution in [2.24, 2.45) is 0 Å². The first-order valence-corrected chi connectivity index (χ1v) is 15.8. The highest BCUT2D eigenvalue weighted by Gasteiger charge is 2.22. The highest BCUT2D eigenvalue weighted by Crippen LogP contribution is 2.42. The number of nitrogens with one attached hydrogen (secondary N) is 1. The van der Waals surface area contributed by atoms with Gasteiger partial charge in [0.25, 0.3) is 5.91 Å². The highest BCUT2D eigenvalue weighted by atomic mass is 35.5. The smallest absolute Gasteiger partial charge is 0.251 e. The Balaban J connectivity index is 1.52. The Morgan fingerprint density at radius 3 is 2.33 bits per heavy atom. The van der Waals surface area contributed by atoms with Crippen molar-refractivity contribution in [3.05, 3.63) is 71.1 Å². The van der Waals surface area contributed by atoms with E-state index in [1.165, 1.54) is 6.07 Å². The number of carbonyl (C=O) groups is 2. The molecular weight excluding hydrogens is 594 g/mol. The van der Waals surface area contributed by atoms with Crippen molar-refractivity contribution in [3.8, 4) is 22.5 Å². The average molecular weight is 636 g/mol. The van der Waals surface area contributed by atoms with E-state index in [9.17, 15) is 14.7 Å². The Morgan fingerprint density at radius 1 is 0.889 bits per heavy atom. The van der Waals surface area contributed by atoms with E-state index in [4.69, 9.17) is 25.5 Å². The molecule has 0 saturated carbocycles. The number of hydrogen-bond donors (Lipinski definition) is 1. The summed E-state index contributed by atoms with van der Waals surface area (Å²) in [5.41, 5.74) is 3.57. The molecule has 0 atom stereocenters. The molecule has 0 bridgehead atoms. The molecule has 1 aliphatic heterocycles. The molecule has 240 valence electrons. The molecule has 9 nitrogen and oxygen atoms in total. The molecular formula is C35H42ClN3O6. The number of rotatable bonds is 16. The first-order chi connectivity index (χ1) is 21.7. The second-order valence-corrected chi connectivity index (χ2v) is 11.6. The summed E-state index contributed by atoms with van der Waals surface area (Å²) in [6.45, 7) is 2.20. The largest absolute Gasteiger partial charge is 0.545 e.